The molecule has 0 aliphatic heterocycles. The van der Waals surface area contributed by atoms with Crippen molar-refractivity contribution in [2.45, 2.75) is 0 Å². The molecule has 0 saturated carbocycles. The zero-order chi connectivity index (χ0) is 48.7. The Balaban J connectivity index is 1.17. The van der Waals surface area contributed by atoms with Crippen molar-refractivity contribution in [3.05, 3.63) is 216 Å². The second-order valence-corrected chi connectivity index (χ2v) is 16.8. The van der Waals surface area contributed by atoms with Gasteiger partial charge in [0, 0.05) is 47.0 Å². The molecule has 12 aromatic rings. The van der Waals surface area contributed by atoms with E-state index >= 15 is 0 Å². The smallest absolute Gasteiger partial charge is 0.190 e. The first-order valence-corrected chi connectivity index (χ1v) is 22.6. The highest BCUT2D eigenvalue weighted by Gasteiger charge is 2.24. The number of hydrogen-bond donors (Lipinski definition) is 0. The molecule has 0 radical (unpaired) electrons. The van der Waals surface area contributed by atoms with E-state index in [9.17, 15) is 10.5 Å². The summed E-state index contributed by atoms with van der Waals surface area (Å²) in [5.74, 6) is 0. The predicted molar refractivity (Wildman–Crippen MR) is 278 cm³/mol. The Hall–Kier alpha value is -10.9. The van der Waals surface area contributed by atoms with Crippen molar-refractivity contribution in [1.82, 2.24) is 39.9 Å². The van der Waals surface area contributed by atoms with Gasteiger partial charge in [0.2, 0.25) is 0 Å². The molecule has 0 unspecified atom stereocenters. The van der Waals surface area contributed by atoms with Crippen molar-refractivity contribution in [1.29, 1.82) is 10.5 Å². The lowest BCUT2D eigenvalue weighted by atomic mass is 9.84. The topological polar surface area (TPSA) is 159 Å². The van der Waals surface area contributed by atoms with Crippen LogP contribution in [0.4, 0.5) is 11.4 Å². The largest absolute Gasteiger partial charge is 0.257 e. The first kappa shape index (κ1) is 42.4. The quantitative estimate of drug-likeness (QED) is 0.106. The predicted octanol–water partition coefficient (Wildman–Crippen LogP) is 13.9. The van der Waals surface area contributed by atoms with E-state index in [1.54, 1.807) is 73.3 Å². The van der Waals surface area contributed by atoms with Crippen molar-refractivity contribution >= 4 is 43.7 Å². The third kappa shape index (κ3) is 7.49. The zero-order valence-electron chi connectivity index (χ0n) is 37.7. The molecule has 0 amide bonds. The maximum atomic E-state index is 9.75. The molecule has 0 aliphatic rings. The average Bonchev–Trinajstić information content (AvgIpc) is 3.46. The molecule has 0 bridgehead atoms. The molecule has 0 atom stereocenters. The highest BCUT2D eigenvalue weighted by atomic mass is 14.8. The normalized spacial score (nSPS) is 11.0. The minimum atomic E-state index is 0.463. The van der Waals surface area contributed by atoms with Gasteiger partial charge in [-0.05, 0) is 142 Å². The lowest BCUT2D eigenvalue weighted by molar-refractivity contribution is 1.24. The number of benzene rings is 4. The van der Waals surface area contributed by atoms with Gasteiger partial charge in [-0.2, -0.15) is 10.5 Å². The Morgan fingerprint density at radius 3 is 0.917 bits per heavy atom. The Kier molecular flexibility index (Phi) is 10.4. The fraction of sp³-hybridized carbons (Fsp3) is 0. The van der Waals surface area contributed by atoms with Gasteiger partial charge in [0.05, 0.1) is 105 Å². The van der Waals surface area contributed by atoms with Gasteiger partial charge in [0.25, 0.3) is 0 Å². The Morgan fingerprint density at radius 1 is 0.319 bits per heavy atom. The molecular formula is C60H30N12. The second-order valence-electron chi connectivity index (χ2n) is 16.8. The zero-order valence-corrected chi connectivity index (χ0v) is 37.7. The minimum Gasteiger partial charge on any atom is -0.257 e. The summed E-state index contributed by atoms with van der Waals surface area (Å²) in [6.07, 6.45) is 6.47. The molecule has 330 valence electrons. The van der Waals surface area contributed by atoms with E-state index in [1.165, 1.54) is 0 Å². The fourth-order valence-corrected chi connectivity index (χ4v) is 9.29. The van der Waals surface area contributed by atoms with Crippen LogP contribution in [0.25, 0.3) is 133 Å². The molecule has 12 nitrogen and oxygen atoms in total. The third-order valence-electron chi connectivity index (χ3n) is 12.6. The van der Waals surface area contributed by atoms with E-state index in [0.29, 0.717) is 90.8 Å². The van der Waals surface area contributed by atoms with Crippen molar-refractivity contribution in [3.63, 3.8) is 0 Å². The lowest BCUT2D eigenvalue weighted by Crippen LogP contribution is -1.98. The van der Waals surface area contributed by atoms with Gasteiger partial charge in [-0.3, -0.25) is 19.9 Å². The Bertz CT molecular complexity index is 3810. The first-order valence-electron chi connectivity index (χ1n) is 22.6. The van der Waals surface area contributed by atoms with Gasteiger partial charge in [-0.15, -0.1) is 0 Å². The Labute approximate surface area is 411 Å². The summed E-state index contributed by atoms with van der Waals surface area (Å²) in [6, 6.07) is 54.1. The molecule has 0 aliphatic carbocycles. The number of hydrogen-bond acceptors (Lipinski definition) is 10. The van der Waals surface area contributed by atoms with Crippen molar-refractivity contribution in [2.75, 3.05) is 0 Å². The standard InChI is InChI=1S/C60H30N12/c1-63-37-21-25-67-57(29-37)53-13-5-9-49(71-53)45-31-43(47-7-3-11-51(69-47)55-27-35(33-61)19-23-65-55)39-15-16-40-44(48-8-4-12-52(70-48)56-28-36(34-62)20-24-66-56)32-46(42-18-17-41(45)59(39)60(40)42)50-10-6-14-54(72-50)58-30-38(64-2)22-26-68-58/h3-32H. The molecule has 4 aromatic carbocycles. The summed E-state index contributed by atoms with van der Waals surface area (Å²) < 4.78 is 0. The molecule has 0 N–H and O–H groups in total. The fourth-order valence-electron chi connectivity index (χ4n) is 9.29. The van der Waals surface area contributed by atoms with Crippen LogP contribution >= 0.6 is 0 Å². The summed E-state index contributed by atoms with van der Waals surface area (Å²) in [5.41, 5.74) is 12.7. The number of nitrogens with zero attached hydrogens (tertiary/aromatic N) is 12. The average molecular weight is 919 g/mol. The third-order valence-corrected chi connectivity index (χ3v) is 12.6. The van der Waals surface area contributed by atoms with Crippen LogP contribution in [-0.2, 0) is 0 Å². The molecule has 8 aromatic heterocycles. The molecule has 0 saturated heterocycles. The van der Waals surface area contributed by atoms with Gasteiger partial charge in [-0.1, -0.05) is 48.5 Å². The minimum absolute atomic E-state index is 0.463. The van der Waals surface area contributed by atoms with Gasteiger partial charge >= 0.3 is 0 Å². The van der Waals surface area contributed by atoms with Crippen molar-refractivity contribution in [2.24, 2.45) is 0 Å². The summed E-state index contributed by atoms with van der Waals surface area (Å²) >= 11 is 0. The first-order chi connectivity index (χ1) is 35.5. The summed E-state index contributed by atoms with van der Waals surface area (Å²) in [7, 11) is 0. The second kappa shape index (κ2) is 17.6. The number of nitriles is 2. The molecule has 0 fully saturated rings. The van der Waals surface area contributed by atoms with E-state index in [1.807, 2.05) is 72.8 Å². The lowest BCUT2D eigenvalue weighted by Gasteiger charge is -2.21. The number of pyridine rings is 8. The van der Waals surface area contributed by atoms with Gasteiger partial charge in [0.15, 0.2) is 11.4 Å². The van der Waals surface area contributed by atoms with Crippen LogP contribution in [0.3, 0.4) is 0 Å². The van der Waals surface area contributed by atoms with Gasteiger partial charge < -0.3 is 0 Å². The Morgan fingerprint density at radius 2 is 0.611 bits per heavy atom. The van der Waals surface area contributed by atoms with Gasteiger partial charge in [0.1, 0.15) is 0 Å². The number of aromatic nitrogens is 8. The summed E-state index contributed by atoms with van der Waals surface area (Å²) in [6.45, 7) is 15.3. The van der Waals surface area contributed by atoms with Crippen LogP contribution in [0.15, 0.2) is 183 Å². The summed E-state index contributed by atoms with van der Waals surface area (Å²) in [5, 5.41) is 25.2. The van der Waals surface area contributed by atoms with E-state index in [0.717, 1.165) is 54.6 Å². The maximum absolute atomic E-state index is 9.75. The van der Waals surface area contributed by atoms with Crippen molar-refractivity contribution < 1.29 is 0 Å². The molecule has 72 heavy (non-hydrogen) atoms. The number of rotatable bonds is 8. The van der Waals surface area contributed by atoms with Crippen LogP contribution in [0, 0.1) is 35.8 Å². The monoisotopic (exact) mass is 918 g/mol. The SMILES string of the molecule is [C-]#[N+]c1ccnc(-c2cccc(-c3cc(-c4cccc(-c5cc(C#N)ccn5)n4)c4ccc5c(-c6cccc(-c7cc(C#N)ccn7)n6)cc(-c6cccc(-c7cc([N+]#[C-])ccn7)n6)c6ccc3c4c56)n2)c1. The maximum Gasteiger partial charge on any atom is 0.190 e. The van der Waals surface area contributed by atoms with E-state index in [-0.39, 0.29) is 0 Å². The van der Waals surface area contributed by atoms with E-state index in [2.05, 4.69) is 78.2 Å². The molecular weight excluding hydrogens is 889 g/mol. The van der Waals surface area contributed by atoms with E-state index in [4.69, 9.17) is 33.1 Å². The highest BCUT2D eigenvalue weighted by Crippen LogP contribution is 2.48. The van der Waals surface area contributed by atoms with Crippen LogP contribution < -0.4 is 0 Å². The van der Waals surface area contributed by atoms with Crippen LogP contribution in [0.2, 0.25) is 0 Å². The van der Waals surface area contributed by atoms with Gasteiger partial charge in [-0.25, -0.2) is 29.6 Å². The summed E-state index contributed by atoms with van der Waals surface area (Å²) in [4.78, 5) is 46.5. The van der Waals surface area contributed by atoms with Crippen LogP contribution in [0.1, 0.15) is 11.1 Å². The molecule has 0 spiro atoms. The highest BCUT2D eigenvalue weighted by molar-refractivity contribution is 6.31. The van der Waals surface area contributed by atoms with Crippen LogP contribution in [-0.4, -0.2) is 39.9 Å². The van der Waals surface area contributed by atoms with E-state index < -0.39 is 0 Å². The molecule has 12 rings (SSSR count). The molecule has 12 heteroatoms. The van der Waals surface area contributed by atoms with Crippen LogP contribution in [0.5, 0.6) is 0 Å². The molecule has 8 heterocycles. The van der Waals surface area contributed by atoms with Crippen molar-refractivity contribution in [3.8, 4) is 103 Å².